The van der Waals surface area contributed by atoms with Crippen LogP contribution in [0.1, 0.15) is 45.4 Å². The number of aliphatic imine (C=N–C) groups is 1. The summed E-state index contributed by atoms with van der Waals surface area (Å²) in [4.78, 5) is 4.54. The molecular formula is C16H26IN3. The molecule has 0 amide bonds. The average molecular weight is 387 g/mol. The predicted molar refractivity (Wildman–Crippen MR) is 97.8 cm³/mol. The first kappa shape index (κ1) is 17.3. The molecule has 1 saturated carbocycles. The molecule has 0 unspecified atom stereocenters. The second kappa shape index (κ2) is 8.49. The maximum atomic E-state index is 5.96. The third-order valence-electron chi connectivity index (χ3n) is 3.99. The summed E-state index contributed by atoms with van der Waals surface area (Å²) in [6.45, 7) is 3.18. The van der Waals surface area contributed by atoms with Gasteiger partial charge in [0.15, 0.2) is 5.96 Å². The van der Waals surface area contributed by atoms with Crippen LogP contribution in [0.15, 0.2) is 35.3 Å². The number of nitrogens with zero attached hydrogens (tertiary/aromatic N) is 1. The van der Waals surface area contributed by atoms with Gasteiger partial charge in [0.2, 0.25) is 0 Å². The minimum atomic E-state index is 0. The van der Waals surface area contributed by atoms with Gasteiger partial charge >= 0.3 is 0 Å². The van der Waals surface area contributed by atoms with E-state index in [9.17, 15) is 0 Å². The lowest BCUT2D eigenvalue weighted by Gasteiger charge is -2.26. The van der Waals surface area contributed by atoms with E-state index in [4.69, 9.17) is 5.73 Å². The molecule has 1 aromatic carbocycles. The zero-order chi connectivity index (χ0) is 13.6. The fourth-order valence-electron chi connectivity index (χ4n) is 2.73. The van der Waals surface area contributed by atoms with E-state index in [2.05, 4.69) is 17.2 Å². The normalized spacial score (nSPS) is 18.8. The molecular weight excluding hydrogens is 361 g/mol. The van der Waals surface area contributed by atoms with Gasteiger partial charge in [-0.1, -0.05) is 50.8 Å². The fraction of sp³-hybridized carbons (Fsp3) is 0.562. The van der Waals surface area contributed by atoms with Crippen molar-refractivity contribution in [3.05, 3.63) is 30.3 Å². The van der Waals surface area contributed by atoms with Gasteiger partial charge in [-0.05, 0) is 30.4 Å². The van der Waals surface area contributed by atoms with Gasteiger partial charge in [-0.2, -0.15) is 0 Å². The molecule has 0 aromatic heterocycles. The number of nitrogens with two attached hydrogens (primary N) is 1. The van der Waals surface area contributed by atoms with E-state index in [-0.39, 0.29) is 24.0 Å². The lowest BCUT2D eigenvalue weighted by Crippen LogP contribution is -2.26. The lowest BCUT2D eigenvalue weighted by atomic mass is 9.83. The number of anilines is 1. The van der Waals surface area contributed by atoms with Crippen LogP contribution in [0.3, 0.4) is 0 Å². The van der Waals surface area contributed by atoms with Crippen LogP contribution < -0.4 is 11.1 Å². The van der Waals surface area contributed by atoms with Crippen molar-refractivity contribution < 1.29 is 0 Å². The molecule has 0 heterocycles. The zero-order valence-electron chi connectivity index (χ0n) is 12.3. The number of nitrogens with one attached hydrogen (secondary N) is 1. The molecule has 3 nitrogen and oxygen atoms in total. The molecule has 3 N–H and O–H groups in total. The van der Waals surface area contributed by atoms with E-state index >= 15 is 0 Å². The van der Waals surface area contributed by atoms with E-state index < -0.39 is 0 Å². The van der Waals surface area contributed by atoms with Crippen LogP contribution in [0.25, 0.3) is 0 Å². The second-order valence-electron chi connectivity index (χ2n) is 5.92. The van der Waals surface area contributed by atoms with E-state index in [0.717, 1.165) is 12.2 Å². The Morgan fingerprint density at radius 2 is 1.75 bits per heavy atom. The summed E-state index contributed by atoms with van der Waals surface area (Å²) >= 11 is 0. The first-order valence-electron chi connectivity index (χ1n) is 7.30. The number of halogens is 1. The number of guanidine groups is 1. The van der Waals surface area contributed by atoms with Crippen molar-refractivity contribution in [3.8, 4) is 0 Å². The topological polar surface area (TPSA) is 50.4 Å². The van der Waals surface area contributed by atoms with Gasteiger partial charge in [-0.3, -0.25) is 4.99 Å². The molecule has 0 spiro atoms. The van der Waals surface area contributed by atoms with Gasteiger partial charge in [0.25, 0.3) is 0 Å². The minimum absolute atomic E-state index is 0. The SMILES string of the molecule is CC1(CN=C(N)Nc2ccccc2)CCCCCC1.I. The number of hydrogen-bond donors (Lipinski definition) is 2. The van der Waals surface area contributed by atoms with Gasteiger partial charge in [-0.15, -0.1) is 24.0 Å². The van der Waals surface area contributed by atoms with Crippen LogP contribution in [0.2, 0.25) is 0 Å². The monoisotopic (exact) mass is 387 g/mol. The van der Waals surface area contributed by atoms with Crippen LogP contribution in [0.4, 0.5) is 5.69 Å². The zero-order valence-corrected chi connectivity index (χ0v) is 14.6. The van der Waals surface area contributed by atoms with Crippen molar-refractivity contribution >= 4 is 35.6 Å². The third kappa shape index (κ3) is 5.69. The van der Waals surface area contributed by atoms with Gasteiger partial charge in [0.05, 0.1) is 0 Å². The van der Waals surface area contributed by atoms with E-state index in [1.807, 2.05) is 30.3 Å². The van der Waals surface area contributed by atoms with Crippen LogP contribution in [-0.4, -0.2) is 12.5 Å². The van der Waals surface area contributed by atoms with Crippen LogP contribution in [0, 0.1) is 5.41 Å². The molecule has 1 aliphatic rings. The maximum absolute atomic E-state index is 5.96. The minimum Gasteiger partial charge on any atom is -0.370 e. The van der Waals surface area contributed by atoms with Crippen LogP contribution in [0.5, 0.6) is 0 Å². The second-order valence-corrected chi connectivity index (χ2v) is 5.92. The average Bonchev–Trinajstić information content (AvgIpc) is 2.63. The van der Waals surface area contributed by atoms with Gasteiger partial charge < -0.3 is 11.1 Å². The highest BCUT2D eigenvalue weighted by Gasteiger charge is 2.25. The molecule has 0 saturated heterocycles. The Kier molecular flexibility index (Phi) is 7.34. The van der Waals surface area contributed by atoms with Crippen LogP contribution in [-0.2, 0) is 0 Å². The first-order valence-corrected chi connectivity index (χ1v) is 7.30. The molecule has 0 bridgehead atoms. The smallest absolute Gasteiger partial charge is 0.193 e. The highest BCUT2D eigenvalue weighted by atomic mass is 127. The Morgan fingerprint density at radius 1 is 1.15 bits per heavy atom. The molecule has 2 rings (SSSR count). The Labute approximate surface area is 139 Å². The summed E-state index contributed by atoms with van der Waals surface area (Å²) in [5.41, 5.74) is 7.29. The van der Waals surface area contributed by atoms with E-state index in [1.165, 1.54) is 38.5 Å². The highest BCUT2D eigenvalue weighted by Crippen LogP contribution is 2.34. The summed E-state index contributed by atoms with van der Waals surface area (Å²) < 4.78 is 0. The predicted octanol–water partition coefficient (Wildman–Crippen LogP) is 4.39. The highest BCUT2D eigenvalue weighted by molar-refractivity contribution is 14.0. The number of para-hydroxylation sites is 1. The summed E-state index contributed by atoms with van der Waals surface area (Å²) in [7, 11) is 0. The van der Waals surface area contributed by atoms with E-state index in [0.29, 0.717) is 11.4 Å². The maximum Gasteiger partial charge on any atom is 0.193 e. The Balaban J connectivity index is 0.00000200. The van der Waals surface area contributed by atoms with Crippen molar-refractivity contribution in [1.82, 2.24) is 0 Å². The summed E-state index contributed by atoms with van der Waals surface area (Å²) in [6.07, 6.45) is 7.95. The summed E-state index contributed by atoms with van der Waals surface area (Å²) in [5.74, 6) is 0.525. The van der Waals surface area contributed by atoms with Crippen molar-refractivity contribution in [2.45, 2.75) is 45.4 Å². The molecule has 0 radical (unpaired) electrons. The number of hydrogen-bond acceptors (Lipinski definition) is 1. The first-order chi connectivity index (χ1) is 9.18. The molecule has 0 atom stereocenters. The van der Waals surface area contributed by atoms with Crippen molar-refractivity contribution in [3.63, 3.8) is 0 Å². The summed E-state index contributed by atoms with van der Waals surface area (Å²) in [6, 6.07) is 9.96. The molecule has 1 fully saturated rings. The van der Waals surface area contributed by atoms with Crippen molar-refractivity contribution in [2.75, 3.05) is 11.9 Å². The quantitative estimate of drug-likeness (QED) is 0.350. The molecule has 1 aromatic rings. The van der Waals surface area contributed by atoms with Crippen LogP contribution >= 0.6 is 24.0 Å². The Morgan fingerprint density at radius 3 is 2.35 bits per heavy atom. The molecule has 20 heavy (non-hydrogen) atoms. The Bertz CT molecular complexity index is 409. The van der Waals surface area contributed by atoms with E-state index in [1.54, 1.807) is 0 Å². The largest absolute Gasteiger partial charge is 0.370 e. The lowest BCUT2D eigenvalue weighted by molar-refractivity contribution is 0.290. The van der Waals surface area contributed by atoms with Gasteiger partial charge in [0, 0.05) is 12.2 Å². The van der Waals surface area contributed by atoms with Gasteiger partial charge in [-0.25, -0.2) is 0 Å². The third-order valence-corrected chi connectivity index (χ3v) is 3.99. The fourth-order valence-corrected chi connectivity index (χ4v) is 2.73. The molecule has 1 aliphatic carbocycles. The molecule has 112 valence electrons. The number of benzene rings is 1. The standard InChI is InChI=1S/C16H25N3.HI/c1-16(11-7-2-3-8-12-16)13-18-15(17)19-14-9-5-4-6-10-14;/h4-6,9-10H,2-3,7-8,11-13H2,1H3,(H3,17,18,19);1H. The Hall–Kier alpha value is -0.780. The molecule has 4 heteroatoms. The number of rotatable bonds is 3. The van der Waals surface area contributed by atoms with Gasteiger partial charge in [0.1, 0.15) is 0 Å². The molecule has 0 aliphatic heterocycles. The van der Waals surface area contributed by atoms with Crippen molar-refractivity contribution in [2.24, 2.45) is 16.1 Å². The summed E-state index contributed by atoms with van der Waals surface area (Å²) in [5, 5.41) is 3.14. The van der Waals surface area contributed by atoms with Crippen molar-refractivity contribution in [1.29, 1.82) is 0 Å².